The van der Waals surface area contributed by atoms with Crippen molar-refractivity contribution in [3.63, 3.8) is 0 Å². The van der Waals surface area contributed by atoms with Crippen molar-refractivity contribution in [1.29, 1.82) is 0 Å². The third-order valence-electron chi connectivity index (χ3n) is 6.95. The van der Waals surface area contributed by atoms with Gasteiger partial charge in [-0.1, -0.05) is 44.4 Å². The molecule has 27 heavy (non-hydrogen) atoms. The van der Waals surface area contributed by atoms with Crippen LogP contribution >= 0.6 is 0 Å². The van der Waals surface area contributed by atoms with E-state index < -0.39 is 0 Å². The Kier molecular flexibility index (Phi) is 7.00. The molecule has 3 rings (SSSR count). The van der Waals surface area contributed by atoms with Crippen molar-refractivity contribution in [2.75, 3.05) is 0 Å². The van der Waals surface area contributed by atoms with E-state index in [0.717, 1.165) is 24.7 Å². The van der Waals surface area contributed by atoms with E-state index in [2.05, 4.69) is 32.0 Å². The third kappa shape index (κ3) is 6.66. The number of carbonyl (C=O) groups excluding carboxylic acids is 1. The topological polar surface area (TPSA) is 26.3 Å². The maximum absolute atomic E-state index is 10.5. The predicted octanol–water partition coefficient (Wildman–Crippen LogP) is 6.71. The van der Waals surface area contributed by atoms with E-state index in [1.807, 2.05) is 0 Å². The summed E-state index contributed by atoms with van der Waals surface area (Å²) >= 11 is 0. The van der Waals surface area contributed by atoms with Crippen molar-refractivity contribution in [2.45, 2.75) is 109 Å². The molecule has 0 bridgehead atoms. The highest BCUT2D eigenvalue weighted by molar-refractivity contribution is 5.39. The molecule has 1 aromatic rings. The van der Waals surface area contributed by atoms with E-state index in [9.17, 15) is 4.79 Å². The number of rotatable bonds is 14. The van der Waals surface area contributed by atoms with E-state index in [1.54, 1.807) is 0 Å². The van der Waals surface area contributed by atoms with Crippen molar-refractivity contribution in [3.8, 4) is 0 Å². The van der Waals surface area contributed by atoms with Crippen molar-refractivity contribution < 1.29 is 9.53 Å². The zero-order valence-electron chi connectivity index (χ0n) is 17.5. The molecule has 0 unspecified atom stereocenters. The lowest BCUT2D eigenvalue weighted by molar-refractivity contribution is -0.135. The number of benzene rings is 1. The van der Waals surface area contributed by atoms with Crippen LogP contribution in [0.4, 0.5) is 0 Å². The summed E-state index contributed by atoms with van der Waals surface area (Å²) in [7, 11) is 0. The summed E-state index contributed by atoms with van der Waals surface area (Å²) in [6.45, 7) is 5.32. The van der Waals surface area contributed by atoms with Crippen LogP contribution < -0.4 is 0 Å². The summed E-state index contributed by atoms with van der Waals surface area (Å²) in [5.74, 6) is 0. The molecule has 0 N–H and O–H groups in total. The Balaban J connectivity index is 1.32. The van der Waals surface area contributed by atoms with Crippen LogP contribution in [0.15, 0.2) is 18.2 Å². The molecule has 0 spiro atoms. The molecule has 2 saturated carbocycles. The SMILES string of the molecule is Cc1ccc(CCCCCC2(C)CC2)cc1CCCCCC1(OC=O)CC1. The molecule has 0 amide bonds. The van der Waals surface area contributed by atoms with Crippen LogP contribution in [0.1, 0.15) is 101 Å². The first kappa shape index (κ1) is 20.4. The Morgan fingerprint density at radius 3 is 2.30 bits per heavy atom. The van der Waals surface area contributed by atoms with Crippen molar-refractivity contribution in [2.24, 2.45) is 5.41 Å². The fraction of sp³-hybridized carbons (Fsp3) is 0.720. The van der Waals surface area contributed by atoms with Crippen molar-refractivity contribution >= 4 is 6.47 Å². The molecule has 0 radical (unpaired) electrons. The fourth-order valence-corrected chi connectivity index (χ4v) is 4.28. The van der Waals surface area contributed by atoms with Gasteiger partial charge in [-0.25, -0.2) is 0 Å². The van der Waals surface area contributed by atoms with Gasteiger partial charge in [-0.2, -0.15) is 0 Å². The van der Waals surface area contributed by atoms with E-state index >= 15 is 0 Å². The van der Waals surface area contributed by atoms with Crippen molar-refractivity contribution in [3.05, 3.63) is 34.9 Å². The van der Waals surface area contributed by atoms with Gasteiger partial charge < -0.3 is 4.74 Å². The lowest BCUT2D eigenvalue weighted by Gasteiger charge is -2.13. The van der Waals surface area contributed by atoms with Crippen LogP contribution in [-0.2, 0) is 22.4 Å². The molecule has 2 aliphatic carbocycles. The maximum Gasteiger partial charge on any atom is 0.293 e. The average Bonchev–Trinajstić information content (AvgIpc) is 3.56. The van der Waals surface area contributed by atoms with Gasteiger partial charge in [0.15, 0.2) is 0 Å². The lowest BCUT2D eigenvalue weighted by Crippen LogP contribution is -2.12. The van der Waals surface area contributed by atoms with E-state index in [1.165, 1.54) is 87.3 Å². The summed E-state index contributed by atoms with van der Waals surface area (Å²) in [5, 5.41) is 0. The summed E-state index contributed by atoms with van der Waals surface area (Å²) in [4.78, 5) is 10.5. The van der Waals surface area contributed by atoms with Crippen LogP contribution in [-0.4, -0.2) is 12.1 Å². The van der Waals surface area contributed by atoms with Crippen LogP contribution in [0.25, 0.3) is 0 Å². The van der Waals surface area contributed by atoms with Gasteiger partial charge in [-0.3, -0.25) is 4.79 Å². The van der Waals surface area contributed by atoms with E-state index in [-0.39, 0.29) is 5.60 Å². The predicted molar refractivity (Wildman–Crippen MR) is 112 cm³/mol. The molecule has 2 aliphatic rings. The minimum Gasteiger partial charge on any atom is -0.461 e. The van der Waals surface area contributed by atoms with Crippen LogP contribution in [0.5, 0.6) is 0 Å². The first-order valence-electron chi connectivity index (χ1n) is 11.2. The first-order valence-corrected chi connectivity index (χ1v) is 11.2. The second-order valence-electron chi connectivity index (χ2n) is 9.59. The van der Waals surface area contributed by atoms with Gasteiger partial charge in [0, 0.05) is 0 Å². The lowest BCUT2D eigenvalue weighted by atomic mass is 9.95. The smallest absolute Gasteiger partial charge is 0.293 e. The molecule has 0 aromatic heterocycles. The van der Waals surface area contributed by atoms with E-state index in [0.29, 0.717) is 6.47 Å². The molecule has 0 saturated heterocycles. The highest BCUT2D eigenvalue weighted by atomic mass is 16.5. The van der Waals surface area contributed by atoms with E-state index in [4.69, 9.17) is 4.74 Å². The number of ether oxygens (including phenoxy) is 1. The number of unbranched alkanes of at least 4 members (excludes halogenated alkanes) is 4. The Hall–Kier alpha value is -1.31. The fourth-order valence-electron chi connectivity index (χ4n) is 4.28. The van der Waals surface area contributed by atoms with Gasteiger partial charge in [0.2, 0.25) is 0 Å². The summed E-state index contributed by atoms with van der Waals surface area (Å²) in [6.07, 6.45) is 17.7. The molecule has 1 aromatic carbocycles. The average molecular weight is 371 g/mol. The van der Waals surface area contributed by atoms with Gasteiger partial charge in [0.1, 0.15) is 5.60 Å². The van der Waals surface area contributed by atoms with Gasteiger partial charge in [0.05, 0.1) is 0 Å². The Morgan fingerprint density at radius 1 is 0.926 bits per heavy atom. The number of hydrogen-bond donors (Lipinski definition) is 0. The largest absolute Gasteiger partial charge is 0.461 e. The van der Waals surface area contributed by atoms with Gasteiger partial charge in [-0.15, -0.1) is 0 Å². The van der Waals surface area contributed by atoms with Crippen LogP contribution in [0.3, 0.4) is 0 Å². The normalized spacial score (nSPS) is 18.9. The Bertz CT molecular complexity index is 611. The van der Waals surface area contributed by atoms with Crippen LogP contribution in [0.2, 0.25) is 0 Å². The quantitative estimate of drug-likeness (QED) is 0.269. The molecule has 2 fully saturated rings. The molecule has 0 atom stereocenters. The summed E-state index contributed by atoms with van der Waals surface area (Å²) in [5.41, 5.74) is 5.13. The first-order chi connectivity index (χ1) is 13.0. The van der Waals surface area contributed by atoms with Gasteiger partial charge >= 0.3 is 0 Å². The number of aryl methyl sites for hydroxylation is 3. The third-order valence-corrected chi connectivity index (χ3v) is 6.95. The monoisotopic (exact) mass is 370 g/mol. The minimum absolute atomic E-state index is 0.0749. The van der Waals surface area contributed by atoms with Gasteiger partial charge in [-0.05, 0) is 99.7 Å². The maximum atomic E-state index is 10.5. The second-order valence-corrected chi connectivity index (χ2v) is 9.59. The highest BCUT2D eigenvalue weighted by Gasteiger charge is 2.44. The van der Waals surface area contributed by atoms with Crippen molar-refractivity contribution in [1.82, 2.24) is 0 Å². The highest BCUT2D eigenvalue weighted by Crippen LogP contribution is 2.49. The number of hydrogen-bond acceptors (Lipinski definition) is 2. The molecule has 2 heteroatoms. The molecule has 0 heterocycles. The summed E-state index contributed by atoms with van der Waals surface area (Å²) < 4.78 is 5.24. The standard InChI is InChI=1S/C25H38O2/c1-21-11-12-22(9-5-3-7-13-24(2)15-16-24)19-23(21)10-6-4-8-14-25(17-18-25)27-20-26/h11-12,19-20H,3-10,13-18H2,1-2H3. The molecule has 150 valence electrons. The number of carbonyl (C=O) groups is 1. The molecule has 2 nitrogen and oxygen atoms in total. The molecular formula is C25H38O2. The molecule has 0 aliphatic heterocycles. The molecular weight excluding hydrogens is 332 g/mol. The Labute approximate surface area is 166 Å². The van der Waals surface area contributed by atoms with Crippen LogP contribution in [0, 0.1) is 12.3 Å². The summed E-state index contributed by atoms with van der Waals surface area (Å²) in [6, 6.07) is 7.09. The minimum atomic E-state index is -0.0749. The second kappa shape index (κ2) is 9.26. The van der Waals surface area contributed by atoms with Gasteiger partial charge in [0.25, 0.3) is 6.47 Å². The Morgan fingerprint density at radius 2 is 1.63 bits per heavy atom. The zero-order valence-corrected chi connectivity index (χ0v) is 17.5. The zero-order chi connectivity index (χ0) is 19.2.